The van der Waals surface area contributed by atoms with E-state index in [1.54, 1.807) is 10.8 Å². The van der Waals surface area contributed by atoms with Crippen LogP contribution in [0.25, 0.3) is 16.6 Å². The summed E-state index contributed by atoms with van der Waals surface area (Å²) < 4.78 is 29.1. The number of fused-ring (bicyclic) bond motifs is 1. The van der Waals surface area contributed by atoms with Crippen molar-refractivity contribution in [1.82, 2.24) is 4.57 Å². The fraction of sp³-hybridized carbons (Fsp3) is 0. The molecule has 3 aromatic rings. The molecule has 0 saturated carbocycles. The highest BCUT2D eigenvalue weighted by Crippen LogP contribution is 2.23. The summed E-state index contributed by atoms with van der Waals surface area (Å²) in [6.07, 6.45) is 6.85. The Morgan fingerprint density at radius 1 is 1.00 bits per heavy atom. The molecule has 0 atom stereocenters. The Kier molecular flexibility index (Phi) is 2.57. The normalized spacial score (nSPS) is 10.6. The van der Waals surface area contributed by atoms with Crippen LogP contribution in [0, 0.1) is 24.0 Å². The lowest BCUT2D eigenvalue weighted by Crippen LogP contribution is -1.97. The van der Waals surface area contributed by atoms with Gasteiger partial charge in [-0.15, -0.1) is 6.42 Å². The van der Waals surface area contributed by atoms with Crippen LogP contribution in [0.3, 0.4) is 0 Å². The van der Waals surface area contributed by atoms with Crippen molar-refractivity contribution in [1.29, 1.82) is 0 Å². The van der Waals surface area contributed by atoms with Crippen molar-refractivity contribution in [2.24, 2.45) is 0 Å². The van der Waals surface area contributed by atoms with E-state index in [1.807, 2.05) is 36.3 Å². The molecule has 0 unspecified atom stereocenters. The first-order valence-corrected chi connectivity index (χ1v) is 5.73. The van der Waals surface area contributed by atoms with Gasteiger partial charge in [0.15, 0.2) is 0 Å². The summed E-state index contributed by atoms with van der Waals surface area (Å²) in [5.41, 5.74) is 0.963. The first kappa shape index (κ1) is 11.5. The summed E-state index contributed by atoms with van der Waals surface area (Å²) in [7, 11) is 0. The molecule has 1 aromatic heterocycles. The van der Waals surface area contributed by atoms with Gasteiger partial charge in [0.1, 0.15) is 11.6 Å². The van der Waals surface area contributed by atoms with Crippen molar-refractivity contribution in [2.75, 3.05) is 0 Å². The lowest BCUT2D eigenvalue weighted by molar-refractivity contribution is 0.576. The van der Waals surface area contributed by atoms with E-state index in [-0.39, 0.29) is 5.56 Å². The van der Waals surface area contributed by atoms with E-state index >= 15 is 0 Å². The monoisotopic (exact) mass is 253 g/mol. The van der Waals surface area contributed by atoms with Gasteiger partial charge in [-0.1, -0.05) is 24.1 Å². The fourth-order valence-electron chi connectivity index (χ4n) is 2.14. The summed E-state index contributed by atoms with van der Waals surface area (Å²) in [5, 5.41) is 1.00. The number of para-hydroxylation sites is 1. The highest BCUT2D eigenvalue weighted by molar-refractivity contribution is 5.81. The van der Waals surface area contributed by atoms with E-state index in [0.717, 1.165) is 10.9 Å². The zero-order valence-electron chi connectivity index (χ0n) is 9.90. The maximum Gasteiger partial charge on any atom is 0.143 e. The molecule has 0 radical (unpaired) electrons. The molecular formula is C16H9F2N. The van der Waals surface area contributed by atoms with Gasteiger partial charge < -0.3 is 4.57 Å². The Morgan fingerprint density at radius 3 is 2.37 bits per heavy atom. The van der Waals surface area contributed by atoms with Gasteiger partial charge >= 0.3 is 0 Å². The SMILES string of the molecule is C#Cc1c(F)cc(-n2ccc3ccccc32)cc1F. The van der Waals surface area contributed by atoms with Crippen LogP contribution in [0.2, 0.25) is 0 Å². The van der Waals surface area contributed by atoms with Crippen molar-refractivity contribution in [3.05, 3.63) is 65.9 Å². The smallest absolute Gasteiger partial charge is 0.143 e. The van der Waals surface area contributed by atoms with E-state index in [4.69, 9.17) is 6.42 Å². The lowest BCUT2D eigenvalue weighted by Gasteiger charge is -2.07. The van der Waals surface area contributed by atoms with Crippen LogP contribution >= 0.6 is 0 Å². The number of benzene rings is 2. The van der Waals surface area contributed by atoms with E-state index < -0.39 is 11.6 Å². The summed E-state index contributed by atoms with van der Waals surface area (Å²) in [4.78, 5) is 0. The second-order valence-corrected chi connectivity index (χ2v) is 4.17. The first-order valence-electron chi connectivity index (χ1n) is 5.73. The molecule has 0 aliphatic heterocycles. The molecule has 0 aliphatic rings. The number of halogens is 2. The number of aromatic nitrogens is 1. The van der Waals surface area contributed by atoms with Gasteiger partial charge in [0.05, 0.1) is 16.8 Å². The predicted octanol–water partition coefficient (Wildman–Crippen LogP) is 3.89. The minimum Gasteiger partial charge on any atom is -0.316 e. The average Bonchev–Trinajstić information content (AvgIpc) is 2.82. The quantitative estimate of drug-likeness (QED) is 0.580. The maximum atomic E-state index is 13.7. The van der Waals surface area contributed by atoms with Crippen LogP contribution in [0.5, 0.6) is 0 Å². The van der Waals surface area contributed by atoms with Crippen molar-refractivity contribution >= 4 is 10.9 Å². The average molecular weight is 253 g/mol. The molecule has 0 fully saturated rings. The maximum absolute atomic E-state index is 13.7. The molecule has 0 saturated heterocycles. The predicted molar refractivity (Wildman–Crippen MR) is 71.1 cm³/mol. The third-order valence-electron chi connectivity index (χ3n) is 3.05. The Bertz CT molecular complexity index is 786. The van der Waals surface area contributed by atoms with Gasteiger partial charge in [-0.3, -0.25) is 0 Å². The molecule has 0 spiro atoms. The summed E-state index contributed by atoms with van der Waals surface area (Å²) in [5.74, 6) is 0.561. The van der Waals surface area contributed by atoms with Crippen LogP contribution < -0.4 is 0 Å². The molecule has 2 aromatic carbocycles. The Balaban J connectivity index is 2.26. The molecule has 0 bridgehead atoms. The molecule has 1 nitrogen and oxygen atoms in total. The second-order valence-electron chi connectivity index (χ2n) is 4.17. The molecule has 92 valence electrons. The largest absolute Gasteiger partial charge is 0.316 e. The third kappa shape index (κ3) is 1.78. The molecule has 3 rings (SSSR count). The standard InChI is InChI=1S/C16H9F2N/c1-2-13-14(17)9-12(10-15(13)18)19-8-7-11-5-3-4-6-16(11)19/h1,3-10H. The molecule has 19 heavy (non-hydrogen) atoms. The lowest BCUT2D eigenvalue weighted by atomic mass is 10.2. The third-order valence-corrected chi connectivity index (χ3v) is 3.05. The van der Waals surface area contributed by atoms with Crippen LogP contribution in [0.1, 0.15) is 5.56 Å². The Labute approximate surface area is 109 Å². The minimum absolute atomic E-state index is 0.333. The number of rotatable bonds is 1. The van der Waals surface area contributed by atoms with Gasteiger partial charge in [0.25, 0.3) is 0 Å². The van der Waals surface area contributed by atoms with E-state index in [1.165, 1.54) is 12.1 Å². The van der Waals surface area contributed by atoms with Crippen molar-refractivity contribution in [3.8, 4) is 18.0 Å². The van der Waals surface area contributed by atoms with Crippen molar-refractivity contribution in [2.45, 2.75) is 0 Å². The number of nitrogens with zero attached hydrogens (tertiary/aromatic N) is 1. The first-order chi connectivity index (χ1) is 9.20. The second kappa shape index (κ2) is 4.25. The Hall–Kier alpha value is -2.60. The van der Waals surface area contributed by atoms with Crippen molar-refractivity contribution < 1.29 is 8.78 Å². The molecule has 3 heteroatoms. The van der Waals surface area contributed by atoms with Crippen LogP contribution in [0.15, 0.2) is 48.7 Å². The number of hydrogen-bond donors (Lipinski definition) is 0. The molecular weight excluding hydrogens is 244 g/mol. The molecule has 0 aliphatic carbocycles. The highest BCUT2D eigenvalue weighted by Gasteiger charge is 2.11. The van der Waals surface area contributed by atoms with E-state index in [0.29, 0.717) is 5.69 Å². The van der Waals surface area contributed by atoms with Crippen LogP contribution in [-0.4, -0.2) is 4.57 Å². The van der Waals surface area contributed by atoms with Gasteiger partial charge in [0.2, 0.25) is 0 Å². The zero-order chi connectivity index (χ0) is 13.4. The van der Waals surface area contributed by atoms with Gasteiger partial charge in [-0.2, -0.15) is 0 Å². The topological polar surface area (TPSA) is 4.93 Å². The Morgan fingerprint density at radius 2 is 1.68 bits per heavy atom. The molecule has 0 N–H and O–H groups in total. The van der Waals surface area contributed by atoms with E-state index in [9.17, 15) is 8.78 Å². The molecule has 0 amide bonds. The minimum atomic E-state index is -0.727. The van der Waals surface area contributed by atoms with E-state index in [2.05, 4.69) is 0 Å². The van der Waals surface area contributed by atoms with Crippen LogP contribution in [-0.2, 0) is 0 Å². The number of hydrogen-bond acceptors (Lipinski definition) is 0. The van der Waals surface area contributed by atoms with Crippen molar-refractivity contribution in [3.63, 3.8) is 0 Å². The molecule has 1 heterocycles. The van der Waals surface area contributed by atoms with Gasteiger partial charge in [-0.25, -0.2) is 8.78 Å². The summed E-state index contributed by atoms with van der Waals surface area (Å²) in [6, 6.07) is 12.0. The summed E-state index contributed by atoms with van der Waals surface area (Å²) in [6.45, 7) is 0. The summed E-state index contributed by atoms with van der Waals surface area (Å²) >= 11 is 0. The van der Waals surface area contributed by atoms with Gasteiger partial charge in [-0.05, 0) is 29.7 Å². The highest BCUT2D eigenvalue weighted by atomic mass is 19.1. The number of terminal acetylenes is 1. The van der Waals surface area contributed by atoms with Crippen LogP contribution in [0.4, 0.5) is 8.78 Å². The zero-order valence-corrected chi connectivity index (χ0v) is 9.90. The fourth-order valence-corrected chi connectivity index (χ4v) is 2.14. The van der Waals surface area contributed by atoms with Gasteiger partial charge in [0, 0.05) is 6.20 Å².